The van der Waals surface area contributed by atoms with Crippen molar-refractivity contribution in [1.82, 2.24) is 9.80 Å². The second kappa shape index (κ2) is 10.6. The number of aryl methyl sites for hydroxylation is 1. The van der Waals surface area contributed by atoms with Gasteiger partial charge < -0.3 is 15.1 Å². The molecule has 172 valence electrons. The highest BCUT2D eigenvalue weighted by Gasteiger charge is 2.23. The molecule has 6 nitrogen and oxygen atoms in total. The lowest BCUT2D eigenvalue weighted by molar-refractivity contribution is -0.117. The van der Waals surface area contributed by atoms with Crippen LogP contribution in [0.15, 0.2) is 42.5 Å². The molecule has 1 aliphatic rings. The van der Waals surface area contributed by atoms with E-state index in [4.69, 9.17) is 0 Å². The average molecular weight is 437 g/mol. The fourth-order valence-corrected chi connectivity index (χ4v) is 4.21. The number of nitrogens with zero attached hydrogens (tertiary/aromatic N) is 3. The van der Waals surface area contributed by atoms with Gasteiger partial charge in [-0.1, -0.05) is 12.1 Å². The van der Waals surface area contributed by atoms with Crippen molar-refractivity contribution < 1.29 is 9.59 Å². The van der Waals surface area contributed by atoms with Gasteiger partial charge in [-0.05, 0) is 76.1 Å². The fourth-order valence-electron chi connectivity index (χ4n) is 4.21. The van der Waals surface area contributed by atoms with E-state index in [0.29, 0.717) is 38.8 Å². The van der Waals surface area contributed by atoms with Gasteiger partial charge in [0.05, 0.1) is 6.54 Å². The number of nitrogens with one attached hydrogen (secondary N) is 1. The first kappa shape index (κ1) is 23.8. The van der Waals surface area contributed by atoms with Gasteiger partial charge in [-0.15, -0.1) is 0 Å². The summed E-state index contributed by atoms with van der Waals surface area (Å²) in [5.41, 5.74) is 4.98. The van der Waals surface area contributed by atoms with Crippen LogP contribution in [0.25, 0.3) is 0 Å². The zero-order chi connectivity index (χ0) is 23.3. The van der Waals surface area contributed by atoms with Crippen molar-refractivity contribution in [3.63, 3.8) is 0 Å². The molecule has 0 aliphatic carbocycles. The van der Waals surface area contributed by atoms with E-state index in [1.54, 1.807) is 0 Å². The zero-order valence-electron chi connectivity index (χ0n) is 20.0. The van der Waals surface area contributed by atoms with Crippen LogP contribution in [0.5, 0.6) is 0 Å². The Morgan fingerprint density at radius 3 is 2.25 bits per heavy atom. The first-order valence-corrected chi connectivity index (χ1v) is 11.5. The first-order chi connectivity index (χ1) is 15.3. The summed E-state index contributed by atoms with van der Waals surface area (Å²) in [4.78, 5) is 31.7. The number of hydrogen-bond acceptors (Lipinski definition) is 4. The SMILES string of the molecule is CCN(c1ccc(C(=O)N2CCN(CC(=O)Nc3cccc(C)c3C)CC2)cc1)C(C)C. The van der Waals surface area contributed by atoms with E-state index < -0.39 is 0 Å². The van der Waals surface area contributed by atoms with Gasteiger partial charge in [-0.3, -0.25) is 14.5 Å². The van der Waals surface area contributed by atoms with Crippen LogP contribution in [0, 0.1) is 13.8 Å². The average Bonchev–Trinajstić information content (AvgIpc) is 2.78. The minimum Gasteiger partial charge on any atom is -0.369 e. The maximum Gasteiger partial charge on any atom is 0.253 e. The van der Waals surface area contributed by atoms with E-state index >= 15 is 0 Å². The molecule has 0 unspecified atom stereocenters. The van der Waals surface area contributed by atoms with Crippen molar-refractivity contribution in [2.24, 2.45) is 0 Å². The third-order valence-corrected chi connectivity index (χ3v) is 6.32. The van der Waals surface area contributed by atoms with Crippen molar-refractivity contribution in [2.75, 3.05) is 49.5 Å². The van der Waals surface area contributed by atoms with Gasteiger partial charge in [0.1, 0.15) is 0 Å². The quantitative estimate of drug-likeness (QED) is 0.714. The Balaban J connectivity index is 1.51. The highest BCUT2D eigenvalue weighted by atomic mass is 16.2. The van der Waals surface area contributed by atoms with Crippen LogP contribution in [0.4, 0.5) is 11.4 Å². The number of amides is 2. The monoisotopic (exact) mass is 436 g/mol. The Bertz CT molecular complexity index is 931. The third kappa shape index (κ3) is 5.68. The lowest BCUT2D eigenvalue weighted by Gasteiger charge is -2.34. The van der Waals surface area contributed by atoms with E-state index in [1.807, 2.05) is 61.2 Å². The number of rotatable bonds is 7. The molecule has 0 spiro atoms. The molecule has 1 N–H and O–H groups in total. The minimum atomic E-state index is -0.0142. The Hall–Kier alpha value is -2.86. The van der Waals surface area contributed by atoms with Gasteiger partial charge in [0.2, 0.25) is 5.91 Å². The van der Waals surface area contributed by atoms with E-state index in [-0.39, 0.29) is 11.8 Å². The molecule has 2 amide bonds. The topological polar surface area (TPSA) is 55.9 Å². The molecular weight excluding hydrogens is 400 g/mol. The maximum atomic E-state index is 12.9. The summed E-state index contributed by atoms with van der Waals surface area (Å²) < 4.78 is 0. The summed E-state index contributed by atoms with van der Waals surface area (Å²) in [7, 11) is 0. The molecule has 3 rings (SSSR count). The fraction of sp³-hybridized carbons (Fsp3) is 0.462. The summed E-state index contributed by atoms with van der Waals surface area (Å²) in [6.45, 7) is 14.5. The number of benzene rings is 2. The second-order valence-corrected chi connectivity index (χ2v) is 8.79. The molecule has 1 aliphatic heterocycles. The zero-order valence-corrected chi connectivity index (χ0v) is 20.0. The van der Waals surface area contributed by atoms with Crippen LogP contribution in [-0.4, -0.2) is 66.9 Å². The van der Waals surface area contributed by atoms with Gasteiger partial charge in [-0.2, -0.15) is 0 Å². The van der Waals surface area contributed by atoms with Crippen molar-refractivity contribution >= 4 is 23.2 Å². The Morgan fingerprint density at radius 1 is 1.00 bits per heavy atom. The molecule has 2 aromatic rings. The molecular formula is C26H36N4O2. The van der Waals surface area contributed by atoms with Crippen LogP contribution in [-0.2, 0) is 4.79 Å². The van der Waals surface area contributed by atoms with Gasteiger partial charge >= 0.3 is 0 Å². The van der Waals surface area contributed by atoms with Crippen LogP contribution in [0.1, 0.15) is 42.3 Å². The van der Waals surface area contributed by atoms with Crippen LogP contribution < -0.4 is 10.2 Å². The van der Waals surface area contributed by atoms with Crippen molar-refractivity contribution in [3.8, 4) is 0 Å². The molecule has 0 radical (unpaired) electrons. The smallest absolute Gasteiger partial charge is 0.253 e. The molecule has 6 heteroatoms. The summed E-state index contributed by atoms with van der Waals surface area (Å²) >= 11 is 0. The molecule has 0 bridgehead atoms. The molecule has 32 heavy (non-hydrogen) atoms. The Morgan fingerprint density at radius 2 is 1.66 bits per heavy atom. The summed E-state index contributed by atoms with van der Waals surface area (Å²) in [6.07, 6.45) is 0. The summed E-state index contributed by atoms with van der Waals surface area (Å²) in [6, 6.07) is 14.3. The predicted molar refractivity (Wildman–Crippen MR) is 131 cm³/mol. The molecule has 1 heterocycles. The lowest BCUT2D eigenvalue weighted by Crippen LogP contribution is -2.50. The van der Waals surface area contributed by atoms with Crippen molar-refractivity contribution in [1.29, 1.82) is 0 Å². The molecule has 0 saturated carbocycles. The van der Waals surface area contributed by atoms with Crippen LogP contribution in [0.2, 0.25) is 0 Å². The number of piperazine rings is 1. The number of carbonyl (C=O) groups is 2. The van der Waals surface area contributed by atoms with E-state index in [9.17, 15) is 9.59 Å². The van der Waals surface area contributed by atoms with Gasteiger partial charge in [0.15, 0.2) is 0 Å². The second-order valence-electron chi connectivity index (χ2n) is 8.79. The number of anilines is 2. The molecule has 0 atom stereocenters. The first-order valence-electron chi connectivity index (χ1n) is 11.5. The normalized spacial score (nSPS) is 14.5. The lowest BCUT2D eigenvalue weighted by atomic mass is 10.1. The van der Waals surface area contributed by atoms with Crippen molar-refractivity contribution in [3.05, 3.63) is 59.2 Å². The Labute approximate surface area is 192 Å². The standard InChI is InChI=1S/C26H36N4O2/c1-6-30(19(2)3)23-12-10-22(11-13-23)26(32)29-16-14-28(15-17-29)18-25(31)27-24-9-7-8-20(4)21(24)5/h7-13,19H,6,14-18H2,1-5H3,(H,27,31). The molecule has 2 aromatic carbocycles. The van der Waals surface area contributed by atoms with Gasteiger partial charge in [-0.25, -0.2) is 0 Å². The van der Waals surface area contributed by atoms with Gasteiger partial charge in [0, 0.05) is 55.7 Å². The van der Waals surface area contributed by atoms with E-state index in [2.05, 4.69) is 35.9 Å². The number of carbonyl (C=O) groups excluding carboxylic acids is 2. The summed E-state index contributed by atoms with van der Waals surface area (Å²) in [5, 5.41) is 3.02. The van der Waals surface area contributed by atoms with E-state index in [0.717, 1.165) is 34.6 Å². The Kier molecular flexibility index (Phi) is 7.91. The van der Waals surface area contributed by atoms with Crippen LogP contribution >= 0.6 is 0 Å². The molecule has 1 fully saturated rings. The van der Waals surface area contributed by atoms with E-state index in [1.165, 1.54) is 0 Å². The molecule has 0 aromatic heterocycles. The van der Waals surface area contributed by atoms with Crippen molar-refractivity contribution in [2.45, 2.75) is 40.7 Å². The highest BCUT2D eigenvalue weighted by molar-refractivity contribution is 5.95. The third-order valence-electron chi connectivity index (χ3n) is 6.32. The predicted octanol–water partition coefficient (Wildman–Crippen LogP) is 3.93. The largest absolute Gasteiger partial charge is 0.369 e. The maximum absolute atomic E-state index is 12.9. The van der Waals surface area contributed by atoms with Gasteiger partial charge in [0.25, 0.3) is 5.91 Å². The summed E-state index contributed by atoms with van der Waals surface area (Å²) in [5.74, 6) is 0.0447. The molecule has 1 saturated heterocycles. The highest BCUT2D eigenvalue weighted by Crippen LogP contribution is 2.20. The minimum absolute atomic E-state index is 0.0142. The van der Waals surface area contributed by atoms with Crippen LogP contribution in [0.3, 0.4) is 0 Å². The number of hydrogen-bond donors (Lipinski definition) is 1.